The predicted molar refractivity (Wildman–Crippen MR) is 116 cm³/mol. The number of aryl methyl sites for hydroxylation is 1. The molecule has 0 atom stereocenters. The predicted octanol–water partition coefficient (Wildman–Crippen LogP) is 3.86. The van der Waals surface area contributed by atoms with Crippen molar-refractivity contribution >= 4 is 22.7 Å². The second-order valence-corrected chi connectivity index (χ2v) is 7.38. The number of aromatic nitrogens is 4. The minimum absolute atomic E-state index is 0.257. The van der Waals surface area contributed by atoms with E-state index in [0.717, 1.165) is 65.8 Å². The molecule has 0 unspecified atom stereocenters. The molecule has 0 saturated carbocycles. The van der Waals surface area contributed by atoms with E-state index in [2.05, 4.69) is 20.0 Å². The highest BCUT2D eigenvalue weighted by Crippen LogP contribution is 2.23. The van der Waals surface area contributed by atoms with Gasteiger partial charge in [-0.1, -0.05) is 12.1 Å². The lowest BCUT2D eigenvalue weighted by Gasteiger charge is -2.36. The van der Waals surface area contributed by atoms with Crippen LogP contribution in [0, 0.1) is 12.7 Å². The van der Waals surface area contributed by atoms with Crippen LogP contribution in [0.1, 0.15) is 5.69 Å². The number of piperazine rings is 1. The molecule has 6 nitrogen and oxygen atoms in total. The fourth-order valence-electron chi connectivity index (χ4n) is 3.79. The van der Waals surface area contributed by atoms with E-state index in [-0.39, 0.29) is 5.82 Å². The summed E-state index contributed by atoms with van der Waals surface area (Å²) in [4.78, 5) is 14.1. The van der Waals surface area contributed by atoms with E-state index in [1.54, 1.807) is 12.1 Å². The zero-order valence-corrected chi connectivity index (χ0v) is 16.7. The molecule has 5 rings (SSSR count). The summed E-state index contributed by atoms with van der Waals surface area (Å²) in [5.41, 5.74) is 4.38. The van der Waals surface area contributed by atoms with E-state index in [0.29, 0.717) is 0 Å². The van der Waals surface area contributed by atoms with Gasteiger partial charge in [-0.05, 0) is 55.5 Å². The second kappa shape index (κ2) is 7.67. The Labute approximate surface area is 174 Å². The van der Waals surface area contributed by atoms with Crippen molar-refractivity contribution in [3.8, 4) is 11.3 Å². The van der Waals surface area contributed by atoms with Crippen molar-refractivity contribution in [3.05, 3.63) is 72.2 Å². The average molecular weight is 400 g/mol. The van der Waals surface area contributed by atoms with E-state index in [1.165, 1.54) is 12.1 Å². The molecule has 150 valence electrons. The van der Waals surface area contributed by atoms with Crippen molar-refractivity contribution < 1.29 is 4.39 Å². The first kappa shape index (κ1) is 18.4. The average Bonchev–Trinajstić information content (AvgIpc) is 2.79. The molecule has 30 heavy (non-hydrogen) atoms. The van der Waals surface area contributed by atoms with Gasteiger partial charge < -0.3 is 9.80 Å². The minimum Gasteiger partial charge on any atom is -0.352 e. The van der Waals surface area contributed by atoms with Gasteiger partial charge in [-0.2, -0.15) is 0 Å². The van der Waals surface area contributed by atoms with Gasteiger partial charge in [0.25, 0.3) is 0 Å². The molecule has 2 aromatic heterocycles. The smallest absolute Gasteiger partial charge is 0.151 e. The van der Waals surface area contributed by atoms with E-state index in [4.69, 9.17) is 9.97 Å². The van der Waals surface area contributed by atoms with Crippen LogP contribution in [-0.2, 0) is 0 Å². The Balaban J connectivity index is 1.29. The van der Waals surface area contributed by atoms with Crippen LogP contribution < -0.4 is 9.80 Å². The lowest BCUT2D eigenvalue weighted by molar-refractivity contribution is 0.628. The normalized spacial score (nSPS) is 14.3. The van der Waals surface area contributed by atoms with Gasteiger partial charge in [0.1, 0.15) is 5.82 Å². The van der Waals surface area contributed by atoms with E-state index >= 15 is 0 Å². The van der Waals surface area contributed by atoms with Gasteiger partial charge in [0.05, 0.1) is 22.4 Å². The van der Waals surface area contributed by atoms with Crippen molar-refractivity contribution in [2.45, 2.75) is 6.92 Å². The third-order valence-electron chi connectivity index (χ3n) is 5.41. The van der Waals surface area contributed by atoms with Crippen LogP contribution in [-0.4, -0.2) is 46.3 Å². The molecule has 1 aliphatic rings. The number of rotatable bonds is 3. The molecular weight excluding hydrogens is 379 g/mol. The first-order chi connectivity index (χ1) is 14.7. The van der Waals surface area contributed by atoms with E-state index < -0.39 is 0 Å². The number of hydrogen-bond donors (Lipinski definition) is 0. The van der Waals surface area contributed by atoms with Crippen LogP contribution in [0.4, 0.5) is 16.0 Å². The van der Waals surface area contributed by atoms with Gasteiger partial charge in [-0.3, -0.25) is 0 Å². The number of para-hydroxylation sites is 2. The maximum atomic E-state index is 13.1. The molecule has 2 aromatic carbocycles. The topological polar surface area (TPSA) is 58.0 Å². The Morgan fingerprint density at radius 3 is 2.07 bits per heavy atom. The van der Waals surface area contributed by atoms with Crippen LogP contribution >= 0.6 is 0 Å². The first-order valence-electron chi connectivity index (χ1n) is 10.0. The van der Waals surface area contributed by atoms with Crippen molar-refractivity contribution in [2.75, 3.05) is 36.0 Å². The van der Waals surface area contributed by atoms with Gasteiger partial charge in [0, 0.05) is 31.7 Å². The summed E-state index contributed by atoms with van der Waals surface area (Å²) in [6, 6.07) is 18.2. The van der Waals surface area contributed by atoms with E-state index in [9.17, 15) is 4.39 Å². The number of anilines is 2. The highest BCUT2D eigenvalue weighted by molar-refractivity contribution is 5.76. The van der Waals surface area contributed by atoms with E-state index in [1.807, 2.05) is 43.3 Å². The Bertz CT molecular complexity index is 1170. The van der Waals surface area contributed by atoms with Crippen LogP contribution in [0.25, 0.3) is 22.3 Å². The molecule has 0 spiro atoms. The first-order valence-corrected chi connectivity index (χ1v) is 10.0. The lowest BCUT2D eigenvalue weighted by Crippen LogP contribution is -2.47. The molecule has 0 N–H and O–H groups in total. The monoisotopic (exact) mass is 400 g/mol. The van der Waals surface area contributed by atoms with Crippen LogP contribution in [0.3, 0.4) is 0 Å². The molecule has 1 saturated heterocycles. The van der Waals surface area contributed by atoms with Gasteiger partial charge in [-0.15, -0.1) is 10.2 Å². The maximum absolute atomic E-state index is 13.1. The SMILES string of the molecule is Cc1nc2ccccc2nc1N1CCN(c2ccc(-c3ccc(F)cc3)nn2)CC1. The Hall–Kier alpha value is -3.61. The van der Waals surface area contributed by atoms with Gasteiger partial charge >= 0.3 is 0 Å². The summed E-state index contributed by atoms with van der Waals surface area (Å²) >= 11 is 0. The highest BCUT2D eigenvalue weighted by Gasteiger charge is 2.21. The second-order valence-electron chi connectivity index (χ2n) is 7.38. The summed E-state index contributed by atoms with van der Waals surface area (Å²) in [6.07, 6.45) is 0. The Morgan fingerprint density at radius 1 is 0.733 bits per heavy atom. The summed E-state index contributed by atoms with van der Waals surface area (Å²) in [7, 11) is 0. The van der Waals surface area contributed by atoms with Crippen molar-refractivity contribution in [1.29, 1.82) is 0 Å². The Kier molecular flexibility index (Phi) is 4.71. The summed E-state index contributed by atoms with van der Waals surface area (Å²) in [6.45, 7) is 5.36. The summed E-state index contributed by atoms with van der Waals surface area (Å²) in [5, 5.41) is 8.72. The third kappa shape index (κ3) is 3.54. The van der Waals surface area contributed by atoms with Gasteiger partial charge in [0.2, 0.25) is 0 Å². The van der Waals surface area contributed by atoms with Gasteiger partial charge in [-0.25, -0.2) is 14.4 Å². The van der Waals surface area contributed by atoms with Crippen molar-refractivity contribution in [2.24, 2.45) is 0 Å². The molecular formula is C23H21FN6. The molecule has 1 aliphatic heterocycles. The maximum Gasteiger partial charge on any atom is 0.151 e. The number of hydrogen-bond acceptors (Lipinski definition) is 6. The van der Waals surface area contributed by atoms with Crippen molar-refractivity contribution in [3.63, 3.8) is 0 Å². The number of halogens is 1. The van der Waals surface area contributed by atoms with Crippen LogP contribution in [0.5, 0.6) is 0 Å². The molecule has 7 heteroatoms. The molecule has 0 aliphatic carbocycles. The fraction of sp³-hybridized carbons (Fsp3) is 0.217. The highest BCUT2D eigenvalue weighted by atomic mass is 19.1. The summed E-state index contributed by atoms with van der Waals surface area (Å²) < 4.78 is 13.1. The third-order valence-corrected chi connectivity index (χ3v) is 5.41. The number of benzene rings is 2. The molecule has 3 heterocycles. The summed E-state index contributed by atoms with van der Waals surface area (Å²) in [5.74, 6) is 1.54. The van der Waals surface area contributed by atoms with Crippen LogP contribution in [0.15, 0.2) is 60.7 Å². The van der Waals surface area contributed by atoms with Gasteiger partial charge in [0.15, 0.2) is 11.6 Å². The molecule has 1 fully saturated rings. The molecule has 0 radical (unpaired) electrons. The molecule has 0 amide bonds. The molecule has 4 aromatic rings. The lowest BCUT2D eigenvalue weighted by atomic mass is 10.1. The number of nitrogens with zero attached hydrogens (tertiary/aromatic N) is 6. The standard InChI is InChI=1S/C23H21FN6/c1-16-23(26-21-5-3-2-4-20(21)25-16)30-14-12-29(13-15-30)22-11-10-19(27-28-22)17-6-8-18(24)9-7-17/h2-11H,12-15H2,1H3. The largest absolute Gasteiger partial charge is 0.352 e. The number of fused-ring (bicyclic) bond motifs is 1. The zero-order chi connectivity index (χ0) is 20.5. The fourth-order valence-corrected chi connectivity index (χ4v) is 3.79. The zero-order valence-electron chi connectivity index (χ0n) is 16.7. The quantitative estimate of drug-likeness (QED) is 0.521. The van der Waals surface area contributed by atoms with Crippen molar-refractivity contribution in [1.82, 2.24) is 20.2 Å². The van der Waals surface area contributed by atoms with Crippen LogP contribution in [0.2, 0.25) is 0 Å². The molecule has 0 bridgehead atoms. The minimum atomic E-state index is -0.257. The Morgan fingerprint density at radius 2 is 1.40 bits per heavy atom.